The molecule has 0 aliphatic rings. The molecular formula is C54H32N8S. The average Bonchev–Trinajstić information content (AvgIpc) is 4.00. The van der Waals surface area contributed by atoms with Crippen LogP contribution in [0.3, 0.4) is 0 Å². The smallest absolute Gasteiger partial charge is 0.238 e. The molecule has 0 radical (unpaired) electrons. The minimum absolute atomic E-state index is 0.537. The molecule has 8 nitrogen and oxygen atoms in total. The second kappa shape index (κ2) is 14.1. The number of fused-ring (bicyclic) bond motifs is 9. The van der Waals surface area contributed by atoms with Crippen LogP contribution in [-0.4, -0.2) is 39.0 Å². The minimum atomic E-state index is 0.537. The van der Waals surface area contributed by atoms with Crippen LogP contribution in [0.5, 0.6) is 0 Å². The van der Waals surface area contributed by atoms with Crippen LogP contribution in [0.2, 0.25) is 0 Å². The molecule has 13 rings (SSSR count). The number of aromatic nitrogens is 8. The third-order valence-electron chi connectivity index (χ3n) is 11.8. The zero-order chi connectivity index (χ0) is 41.4. The molecule has 0 aliphatic carbocycles. The van der Waals surface area contributed by atoms with Crippen molar-refractivity contribution >= 4 is 75.1 Å². The first-order valence-corrected chi connectivity index (χ1v) is 21.6. The normalized spacial score (nSPS) is 11.8. The van der Waals surface area contributed by atoms with Gasteiger partial charge in [-0.2, -0.15) is 19.9 Å². The van der Waals surface area contributed by atoms with Crippen molar-refractivity contribution in [2.75, 3.05) is 0 Å². The van der Waals surface area contributed by atoms with Gasteiger partial charge in [-0.15, -0.1) is 11.3 Å². The van der Waals surface area contributed by atoms with E-state index in [0.29, 0.717) is 35.2 Å². The fraction of sp³-hybridized carbons (Fsp3) is 0. The molecule has 0 amide bonds. The van der Waals surface area contributed by atoms with Gasteiger partial charge in [0.15, 0.2) is 23.3 Å². The Balaban J connectivity index is 1.09. The Bertz CT molecular complexity index is 3800. The summed E-state index contributed by atoms with van der Waals surface area (Å²) in [6.07, 6.45) is 0. The Morgan fingerprint density at radius 2 is 0.698 bits per heavy atom. The quantitative estimate of drug-likeness (QED) is 0.166. The predicted octanol–water partition coefficient (Wildman–Crippen LogP) is 13.3. The maximum absolute atomic E-state index is 5.30. The zero-order valence-electron chi connectivity index (χ0n) is 33.5. The topological polar surface area (TPSA) is 87.2 Å². The van der Waals surface area contributed by atoms with E-state index in [0.717, 1.165) is 65.9 Å². The van der Waals surface area contributed by atoms with Gasteiger partial charge in [0.1, 0.15) is 0 Å². The maximum Gasteiger partial charge on any atom is 0.238 e. The molecule has 0 saturated carbocycles. The van der Waals surface area contributed by atoms with Crippen LogP contribution in [0.4, 0.5) is 0 Å². The van der Waals surface area contributed by atoms with Gasteiger partial charge in [-0.3, -0.25) is 9.13 Å². The van der Waals surface area contributed by atoms with Crippen molar-refractivity contribution in [1.82, 2.24) is 39.0 Å². The Morgan fingerprint density at radius 3 is 1.25 bits per heavy atom. The maximum atomic E-state index is 5.30. The fourth-order valence-electron chi connectivity index (χ4n) is 8.94. The SMILES string of the molecule is c1ccc(-c2nc(-c3ccc4c(c3)c3cc5sc6ccccc6c5cc3n4-c3nc(-c4ccccc4)nc(-c4ccccc4)n3)nc(-n3c4ccccc4c4ccccc43)n2)cc1. The van der Waals surface area contributed by atoms with Crippen molar-refractivity contribution in [3.63, 3.8) is 0 Å². The number of para-hydroxylation sites is 2. The van der Waals surface area contributed by atoms with Crippen LogP contribution < -0.4 is 0 Å². The number of hydrogen-bond acceptors (Lipinski definition) is 7. The molecule has 8 aromatic carbocycles. The monoisotopic (exact) mass is 824 g/mol. The van der Waals surface area contributed by atoms with Gasteiger partial charge in [-0.1, -0.05) is 146 Å². The lowest BCUT2D eigenvalue weighted by Crippen LogP contribution is -2.07. The molecule has 0 atom stereocenters. The molecule has 0 fully saturated rings. The Labute approximate surface area is 364 Å². The van der Waals surface area contributed by atoms with Crippen LogP contribution >= 0.6 is 11.3 Å². The Kier molecular flexibility index (Phi) is 7.91. The molecule has 294 valence electrons. The van der Waals surface area contributed by atoms with E-state index >= 15 is 0 Å². The van der Waals surface area contributed by atoms with Crippen molar-refractivity contribution in [1.29, 1.82) is 0 Å². The molecule has 9 heteroatoms. The predicted molar refractivity (Wildman–Crippen MR) is 257 cm³/mol. The molecule has 5 heterocycles. The van der Waals surface area contributed by atoms with Gasteiger partial charge in [0.2, 0.25) is 11.9 Å². The number of benzene rings is 8. The van der Waals surface area contributed by atoms with E-state index in [2.05, 4.69) is 112 Å². The van der Waals surface area contributed by atoms with Gasteiger partial charge >= 0.3 is 0 Å². The first kappa shape index (κ1) is 35.4. The van der Waals surface area contributed by atoms with Crippen molar-refractivity contribution in [2.24, 2.45) is 0 Å². The summed E-state index contributed by atoms with van der Waals surface area (Å²) in [4.78, 5) is 31.1. The van der Waals surface area contributed by atoms with Crippen molar-refractivity contribution in [3.8, 4) is 57.4 Å². The fourth-order valence-corrected chi connectivity index (χ4v) is 10.1. The molecule has 0 saturated heterocycles. The summed E-state index contributed by atoms with van der Waals surface area (Å²) < 4.78 is 6.79. The summed E-state index contributed by atoms with van der Waals surface area (Å²) >= 11 is 1.81. The highest BCUT2D eigenvalue weighted by Crippen LogP contribution is 2.42. The molecule has 13 aromatic rings. The van der Waals surface area contributed by atoms with E-state index in [1.165, 1.54) is 20.2 Å². The lowest BCUT2D eigenvalue weighted by Gasteiger charge is -2.12. The van der Waals surface area contributed by atoms with E-state index < -0.39 is 0 Å². The van der Waals surface area contributed by atoms with E-state index in [4.69, 9.17) is 29.9 Å². The highest BCUT2D eigenvalue weighted by atomic mass is 32.1. The zero-order valence-corrected chi connectivity index (χ0v) is 34.3. The van der Waals surface area contributed by atoms with Gasteiger partial charge in [-0.25, -0.2) is 9.97 Å². The molecule has 0 spiro atoms. The molecule has 0 aliphatic heterocycles. The minimum Gasteiger partial charge on any atom is -0.278 e. The lowest BCUT2D eigenvalue weighted by atomic mass is 10.1. The highest BCUT2D eigenvalue weighted by molar-refractivity contribution is 7.25. The number of rotatable bonds is 6. The summed E-state index contributed by atoms with van der Waals surface area (Å²) in [6.45, 7) is 0. The third-order valence-corrected chi connectivity index (χ3v) is 13.0. The van der Waals surface area contributed by atoms with E-state index in [9.17, 15) is 0 Å². The molecule has 0 N–H and O–H groups in total. The second-order valence-corrected chi connectivity index (χ2v) is 16.6. The second-order valence-electron chi connectivity index (χ2n) is 15.6. The van der Waals surface area contributed by atoms with Crippen LogP contribution in [0.1, 0.15) is 0 Å². The summed E-state index contributed by atoms with van der Waals surface area (Å²) in [5, 5.41) is 6.80. The van der Waals surface area contributed by atoms with Crippen molar-refractivity contribution < 1.29 is 0 Å². The van der Waals surface area contributed by atoms with Crippen LogP contribution in [-0.2, 0) is 0 Å². The van der Waals surface area contributed by atoms with Crippen LogP contribution in [0, 0.1) is 0 Å². The molecular weight excluding hydrogens is 793 g/mol. The van der Waals surface area contributed by atoms with Gasteiger partial charge < -0.3 is 0 Å². The van der Waals surface area contributed by atoms with Gasteiger partial charge in [0.05, 0.1) is 22.1 Å². The highest BCUT2D eigenvalue weighted by Gasteiger charge is 2.22. The van der Waals surface area contributed by atoms with E-state index in [-0.39, 0.29) is 0 Å². The van der Waals surface area contributed by atoms with Crippen LogP contribution in [0.15, 0.2) is 194 Å². The van der Waals surface area contributed by atoms with Crippen LogP contribution in [0.25, 0.3) is 121 Å². The summed E-state index contributed by atoms with van der Waals surface area (Å²) in [5.74, 6) is 3.46. The number of nitrogens with zero attached hydrogens (tertiary/aromatic N) is 8. The average molecular weight is 825 g/mol. The van der Waals surface area contributed by atoms with Crippen molar-refractivity contribution in [3.05, 3.63) is 194 Å². The van der Waals surface area contributed by atoms with Gasteiger partial charge in [0, 0.05) is 64.0 Å². The summed E-state index contributed by atoms with van der Waals surface area (Å²) in [6, 6.07) is 66.9. The lowest BCUT2D eigenvalue weighted by molar-refractivity contribution is 0.952. The van der Waals surface area contributed by atoms with Crippen molar-refractivity contribution in [2.45, 2.75) is 0 Å². The number of hydrogen-bond donors (Lipinski definition) is 0. The summed E-state index contributed by atoms with van der Waals surface area (Å²) in [5.41, 5.74) is 7.61. The van der Waals surface area contributed by atoms with Gasteiger partial charge in [0.25, 0.3) is 0 Å². The molecule has 63 heavy (non-hydrogen) atoms. The number of thiophene rings is 1. The van der Waals surface area contributed by atoms with Gasteiger partial charge in [-0.05, 0) is 48.5 Å². The van der Waals surface area contributed by atoms with E-state index in [1.54, 1.807) is 11.3 Å². The first-order valence-electron chi connectivity index (χ1n) is 20.8. The summed E-state index contributed by atoms with van der Waals surface area (Å²) in [7, 11) is 0. The third kappa shape index (κ3) is 5.75. The Morgan fingerprint density at radius 1 is 0.270 bits per heavy atom. The largest absolute Gasteiger partial charge is 0.278 e. The molecule has 0 unspecified atom stereocenters. The standard InChI is InChI=1S/C54H32N8S/c1-4-16-33(17-5-1)49-55-50(34-18-6-2-7-19-34)59-54(58-49)62-45-29-28-36(30-40(45)41-32-48-42(31-46(41)62)39-24-12-15-27-47(39)63-48)52-56-51(35-20-8-3-9-21-35)57-53(60-52)61-43-25-13-10-22-37(43)38-23-11-14-26-44(38)61/h1-32H. The molecule has 0 bridgehead atoms. The molecule has 5 aromatic heterocycles. The first-order chi connectivity index (χ1) is 31.2. The Hall–Kier alpha value is -8.40. The van der Waals surface area contributed by atoms with E-state index in [1.807, 2.05) is 91.0 Å².